The molecule has 0 aliphatic carbocycles. The Morgan fingerprint density at radius 1 is 0.880 bits per heavy atom. The fourth-order valence-corrected chi connectivity index (χ4v) is 2.66. The Bertz CT molecular complexity index is 655. The Hall–Kier alpha value is -2.51. The second-order valence-corrected chi connectivity index (χ2v) is 5.71. The van der Waals surface area contributed by atoms with E-state index in [2.05, 4.69) is 6.58 Å². The van der Waals surface area contributed by atoms with Gasteiger partial charge in [-0.1, -0.05) is 55.2 Å². The van der Waals surface area contributed by atoms with Crippen molar-refractivity contribution in [2.24, 2.45) is 0 Å². The van der Waals surface area contributed by atoms with Crippen LogP contribution >= 0.6 is 8.60 Å². The summed E-state index contributed by atoms with van der Waals surface area (Å²) in [6, 6.07) is 9.45. The molecule has 0 bridgehead atoms. The van der Waals surface area contributed by atoms with Crippen molar-refractivity contribution in [3.63, 3.8) is 0 Å². The van der Waals surface area contributed by atoms with Crippen LogP contribution in [0.4, 0.5) is 0 Å². The Morgan fingerprint density at radius 3 is 2.00 bits per heavy atom. The molecule has 1 rings (SSSR count). The minimum absolute atomic E-state index is 0.616. The van der Waals surface area contributed by atoms with Crippen molar-refractivity contribution in [3.05, 3.63) is 103 Å². The molecule has 0 spiro atoms. The lowest BCUT2D eigenvalue weighted by molar-refractivity contribution is 0.302. The first-order valence-corrected chi connectivity index (χ1v) is 9.13. The average molecular weight is 356 g/mol. The van der Waals surface area contributed by atoms with Gasteiger partial charge in [0.2, 0.25) is 0 Å². The zero-order chi connectivity index (χ0) is 18.3. The van der Waals surface area contributed by atoms with Gasteiger partial charge in [-0.15, -0.1) is 0 Å². The molecule has 25 heavy (non-hydrogen) atoms. The molecule has 0 amide bonds. The van der Waals surface area contributed by atoms with Gasteiger partial charge < -0.3 is 13.6 Å². The first-order chi connectivity index (χ1) is 12.2. The minimum Gasteiger partial charge on any atom is -0.409 e. The van der Waals surface area contributed by atoms with Crippen LogP contribution in [-0.2, 0) is 9.05 Å². The Kier molecular flexibility index (Phi) is 10.6. The molecule has 0 aliphatic rings. The summed E-state index contributed by atoms with van der Waals surface area (Å²) in [6.45, 7) is 9.50. The molecule has 1 atom stereocenters. The van der Waals surface area contributed by atoms with Crippen LogP contribution in [0, 0.1) is 0 Å². The fraction of sp³-hybridized carbons (Fsp3) is 0.143. The SMILES string of the molecule is C=C/C=C(\C=C/C)OP(OC(/C=C\C)=C/C=C\C)Oc1ccccc1. The molecule has 0 aromatic heterocycles. The first-order valence-electron chi connectivity index (χ1n) is 8.03. The number of para-hydroxylation sites is 1. The largest absolute Gasteiger partial charge is 0.530 e. The number of hydrogen-bond acceptors (Lipinski definition) is 3. The maximum atomic E-state index is 5.95. The van der Waals surface area contributed by atoms with Gasteiger partial charge in [0, 0.05) is 0 Å². The van der Waals surface area contributed by atoms with E-state index in [1.54, 1.807) is 12.2 Å². The summed E-state index contributed by atoms with van der Waals surface area (Å²) >= 11 is 0. The fourth-order valence-electron chi connectivity index (χ4n) is 1.66. The second kappa shape index (κ2) is 12.9. The number of hydrogen-bond donors (Lipinski definition) is 0. The van der Waals surface area contributed by atoms with E-state index in [0.29, 0.717) is 17.3 Å². The van der Waals surface area contributed by atoms with Gasteiger partial charge in [0.15, 0.2) is 0 Å². The van der Waals surface area contributed by atoms with Crippen LogP contribution < -0.4 is 4.52 Å². The van der Waals surface area contributed by atoms with E-state index in [4.69, 9.17) is 13.6 Å². The van der Waals surface area contributed by atoms with Gasteiger partial charge in [-0.05, 0) is 57.2 Å². The van der Waals surface area contributed by atoms with Gasteiger partial charge in [0.05, 0.1) is 0 Å². The predicted molar refractivity (Wildman–Crippen MR) is 107 cm³/mol. The highest BCUT2D eigenvalue weighted by Gasteiger charge is 2.20. The molecule has 0 heterocycles. The maximum Gasteiger partial charge on any atom is 0.530 e. The second-order valence-electron chi connectivity index (χ2n) is 4.71. The van der Waals surface area contributed by atoms with Gasteiger partial charge in [-0.3, -0.25) is 0 Å². The molecule has 0 saturated carbocycles. The van der Waals surface area contributed by atoms with Crippen molar-refractivity contribution in [2.45, 2.75) is 20.8 Å². The van der Waals surface area contributed by atoms with Crippen molar-refractivity contribution < 1.29 is 13.6 Å². The summed E-state index contributed by atoms with van der Waals surface area (Å²) in [6.07, 6.45) is 16.6. The quantitative estimate of drug-likeness (QED) is 0.256. The first kappa shape index (κ1) is 20.5. The molecular weight excluding hydrogens is 331 g/mol. The van der Waals surface area contributed by atoms with Crippen molar-refractivity contribution in [2.75, 3.05) is 0 Å². The van der Waals surface area contributed by atoms with E-state index in [0.717, 1.165) is 0 Å². The van der Waals surface area contributed by atoms with E-state index >= 15 is 0 Å². The number of rotatable bonds is 10. The topological polar surface area (TPSA) is 27.7 Å². The molecule has 0 radical (unpaired) electrons. The summed E-state index contributed by atoms with van der Waals surface area (Å²) in [5.74, 6) is 1.95. The molecule has 132 valence electrons. The molecule has 0 aliphatic heterocycles. The summed E-state index contributed by atoms with van der Waals surface area (Å²) in [7, 11) is -1.69. The van der Waals surface area contributed by atoms with Crippen molar-refractivity contribution >= 4 is 8.60 Å². The van der Waals surface area contributed by atoms with Gasteiger partial charge in [-0.25, -0.2) is 0 Å². The summed E-state index contributed by atoms with van der Waals surface area (Å²) in [5, 5.41) is 0. The summed E-state index contributed by atoms with van der Waals surface area (Å²) < 4.78 is 17.8. The van der Waals surface area contributed by atoms with E-state index in [9.17, 15) is 0 Å². The predicted octanol–water partition coefficient (Wildman–Crippen LogP) is 7.01. The molecule has 0 saturated heterocycles. The number of allylic oxidation sites excluding steroid dienone is 9. The smallest absolute Gasteiger partial charge is 0.409 e. The van der Waals surface area contributed by atoms with Crippen LogP contribution in [0.3, 0.4) is 0 Å². The molecule has 4 heteroatoms. The third-order valence-corrected chi connectivity index (χ3v) is 3.76. The third-order valence-electron chi connectivity index (χ3n) is 2.68. The number of benzene rings is 1. The molecule has 1 aromatic carbocycles. The lowest BCUT2D eigenvalue weighted by Crippen LogP contribution is -1.97. The van der Waals surface area contributed by atoms with Gasteiger partial charge >= 0.3 is 8.60 Å². The Morgan fingerprint density at radius 2 is 1.48 bits per heavy atom. The third kappa shape index (κ3) is 8.78. The Labute approximate surface area is 152 Å². The minimum atomic E-state index is -1.69. The molecule has 0 N–H and O–H groups in total. The standard InChI is InChI=1S/C21H25O3P/c1-5-9-16-20(15-8-4)23-25(22-19(13-6-2)14-7-3)24-21-17-11-10-12-18-21/h5-18H,2H2,1,3-4H3/b9-5-,14-7-,15-8-,19-13+,20-16+. The van der Waals surface area contributed by atoms with Crippen LogP contribution in [0.5, 0.6) is 5.75 Å². The summed E-state index contributed by atoms with van der Waals surface area (Å²) in [4.78, 5) is 0. The molecular formula is C21H25O3P. The van der Waals surface area contributed by atoms with Gasteiger partial charge in [0.1, 0.15) is 17.3 Å². The van der Waals surface area contributed by atoms with Crippen LogP contribution in [0.15, 0.2) is 103 Å². The Balaban J connectivity index is 3.04. The lowest BCUT2D eigenvalue weighted by atomic mass is 10.3. The van der Waals surface area contributed by atoms with E-state index in [-0.39, 0.29) is 0 Å². The highest BCUT2D eigenvalue weighted by Crippen LogP contribution is 2.45. The van der Waals surface area contributed by atoms with Crippen LogP contribution in [0.2, 0.25) is 0 Å². The van der Waals surface area contributed by atoms with E-state index in [1.165, 1.54) is 0 Å². The maximum absolute atomic E-state index is 5.95. The molecule has 1 aromatic rings. The molecule has 0 fully saturated rings. The highest BCUT2D eigenvalue weighted by molar-refractivity contribution is 7.42. The van der Waals surface area contributed by atoms with Gasteiger partial charge in [0.25, 0.3) is 0 Å². The van der Waals surface area contributed by atoms with E-state index in [1.807, 2.05) is 93.6 Å². The van der Waals surface area contributed by atoms with E-state index < -0.39 is 8.60 Å². The van der Waals surface area contributed by atoms with Crippen molar-refractivity contribution in [1.82, 2.24) is 0 Å². The highest BCUT2D eigenvalue weighted by atomic mass is 31.2. The van der Waals surface area contributed by atoms with Crippen LogP contribution in [0.25, 0.3) is 0 Å². The van der Waals surface area contributed by atoms with Crippen LogP contribution in [0.1, 0.15) is 20.8 Å². The average Bonchev–Trinajstić information content (AvgIpc) is 2.61. The normalized spacial score (nSPS) is 14.2. The van der Waals surface area contributed by atoms with Gasteiger partial charge in [-0.2, -0.15) is 0 Å². The zero-order valence-electron chi connectivity index (χ0n) is 15.0. The monoisotopic (exact) mass is 356 g/mol. The molecule has 1 unspecified atom stereocenters. The van der Waals surface area contributed by atoms with Crippen molar-refractivity contribution in [1.29, 1.82) is 0 Å². The lowest BCUT2D eigenvalue weighted by Gasteiger charge is -2.18. The molecule has 3 nitrogen and oxygen atoms in total. The zero-order valence-corrected chi connectivity index (χ0v) is 15.9. The van der Waals surface area contributed by atoms with Crippen molar-refractivity contribution in [3.8, 4) is 5.75 Å². The summed E-state index contributed by atoms with van der Waals surface area (Å²) in [5.41, 5.74) is 0. The van der Waals surface area contributed by atoms with Crippen LogP contribution in [-0.4, -0.2) is 0 Å².